The van der Waals surface area contributed by atoms with Crippen LogP contribution in [0.5, 0.6) is 0 Å². The Morgan fingerprint density at radius 2 is 1.71 bits per heavy atom. The average Bonchev–Trinajstić information content (AvgIpc) is 2.63. The van der Waals surface area contributed by atoms with Crippen molar-refractivity contribution in [2.75, 3.05) is 13.1 Å². The highest BCUT2D eigenvalue weighted by molar-refractivity contribution is 5.88. The predicted molar refractivity (Wildman–Crippen MR) is 101 cm³/mol. The second kappa shape index (κ2) is 6.74. The molecular weight excluding hydrogens is 292 g/mol. The van der Waals surface area contributed by atoms with E-state index in [1.54, 1.807) is 0 Å². The molecule has 0 radical (unpaired) electrons. The molecule has 4 rings (SSSR count). The van der Waals surface area contributed by atoms with Gasteiger partial charge in [-0.3, -0.25) is 4.98 Å². The summed E-state index contributed by atoms with van der Waals surface area (Å²) in [6, 6.07) is 17.9. The number of rotatable bonds is 3. The summed E-state index contributed by atoms with van der Waals surface area (Å²) >= 11 is 0. The number of nitrogens with one attached hydrogen (secondary N) is 1. The first-order valence-electron chi connectivity index (χ1n) is 8.95. The highest BCUT2D eigenvalue weighted by atomic mass is 14.9. The van der Waals surface area contributed by atoms with Crippen LogP contribution in [0.4, 0.5) is 0 Å². The average molecular weight is 316 g/mol. The van der Waals surface area contributed by atoms with E-state index in [1.807, 2.05) is 6.20 Å². The van der Waals surface area contributed by atoms with E-state index in [-0.39, 0.29) is 0 Å². The summed E-state index contributed by atoms with van der Waals surface area (Å²) in [6.07, 6.45) is 5.72. The van der Waals surface area contributed by atoms with Gasteiger partial charge in [-0.2, -0.15) is 0 Å². The summed E-state index contributed by atoms with van der Waals surface area (Å²) in [5, 5.41) is 5.95. The summed E-state index contributed by atoms with van der Waals surface area (Å²) in [7, 11) is 0. The van der Waals surface area contributed by atoms with Crippen LogP contribution in [0.3, 0.4) is 0 Å². The number of fused-ring (bicyclic) bond motifs is 1. The van der Waals surface area contributed by atoms with Crippen LogP contribution in [0.1, 0.15) is 24.1 Å². The first-order valence-corrected chi connectivity index (χ1v) is 8.95. The molecule has 1 aliphatic heterocycles. The Morgan fingerprint density at radius 3 is 2.50 bits per heavy atom. The number of aromatic nitrogens is 1. The Morgan fingerprint density at radius 1 is 0.958 bits per heavy atom. The van der Waals surface area contributed by atoms with Gasteiger partial charge in [0.15, 0.2) is 0 Å². The van der Waals surface area contributed by atoms with Crippen molar-refractivity contribution in [3.63, 3.8) is 0 Å². The lowest BCUT2D eigenvalue weighted by atomic mass is 9.90. The minimum Gasteiger partial charge on any atom is -0.317 e. The maximum Gasteiger partial charge on any atom is 0.0450 e. The summed E-state index contributed by atoms with van der Waals surface area (Å²) in [6.45, 7) is 4.42. The molecule has 3 aromatic rings. The number of hydrogen-bond acceptors (Lipinski definition) is 2. The third-order valence-corrected chi connectivity index (χ3v) is 5.23. The van der Waals surface area contributed by atoms with Crippen molar-refractivity contribution in [1.82, 2.24) is 10.3 Å². The van der Waals surface area contributed by atoms with Crippen LogP contribution < -0.4 is 5.32 Å². The van der Waals surface area contributed by atoms with Crippen molar-refractivity contribution in [2.45, 2.75) is 26.2 Å². The molecule has 0 bridgehead atoms. The fourth-order valence-corrected chi connectivity index (χ4v) is 3.76. The zero-order valence-corrected chi connectivity index (χ0v) is 14.3. The topological polar surface area (TPSA) is 24.9 Å². The van der Waals surface area contributed by atoms with E-state index in [0.29, 0.717) is 0 Å². The van der Waals surface area contributed by atoms with Crippen molar-refractivity contribution in [1.29, 1.82) is 0 Å². The summed E-state index contributed by atoms with van der Waals surface area (Å²) in [5.74, 6) is 0.841. The molecule has 1 fully saturated rings. The normalized spacial score (nSPS) is 15.7. The first kappa shape index (κ1) is 15.3. The van der Waals surface area contributed by atoms with Gasteiger partial charge < -0.3 is 5.32 Å². The van der Waals surface area contributed by atoms with Crippen molar-refractivity contribution in [3.8, 4) is 11.1 Å². The second-order valence-corrected chi connectivity index (χ2v) is 6.93. The number of pyridine rings is 1. The van der Waals surface area contributed by atoms with E-state index in [1.165, 1.54) is 59.8 Å². The van der Waals surface area contributed by atoms with E-state index < -0.39 is 0 Å². The van der Waals surface area contributed by atoms with E-state index in [2.05, 4.69) is 65.8 Å². The maximum absolute atomic E-state index is 4.37. The monoisotopic (exact) mass is 316 g/mol. The molecule has 1 N–H and O–H groups in total. The fourth-order valence-electron chi connectivity index (χ4n) is 3.76. The number of hydrogen-bond donors (Lipinski definition) is 1. The van der Waals surface area contributed by atoms with Gasteiger partial charge in [-0.1, -0.05) is 36.4 Å². The third kappa shape index (κ3) is 3.20. The smallest absolute Gasteiger partial charge is 0.0450 e. The molecule has 2 heteroatoms. The van der Waals surface area contributed by atoms with Gasteiger partial charge in [0.2, 0.25) is 0 Å². The zero-order chi connectivity index (χ0) is 16.4. The Bertz CT molecular complexity index is 830. The zero-order valence-electron chi connectivity index (χ0n) is 14.3. The van der Waals surface area contributed by atoms with Gasteiger partial charge in [0.25, 0.3) is 0 Å². The molecule has 0 aliphatic carbocycles. The highest BCUT2D eigenvalue weighted by Crippen LogP contribution is 2.26. The predicted octanol–water partition coefficient (Wildman–Crippen LogP) is 4.75. The number of nitrogens with zero attached hydrogens (tertiary/aromatic N) is 1. The Balaban J connectivity index is 1.56. The van der Waals surface area contributed by atoms with Gasteiger partial charge in [-0.25, -0.2) is 0 Å². The van der Waals surface area contributed by atoms with Crippen LogP contribution in [0.25, 0.3) is 21.9 Å². The van der Waals surface area contributed by atoms with Crippen molar-refractivity contribution in [3.05, 3.63) is 66.0 Å². The first-order chi connectivity index (χ1) is 11.8. The van der Waals surface area contributed by atoms with Gasteiger partial charge in [0.05, 0.1) is 0 Å². The van der Waals surface area contributed by atoms with Crippen LogP contribution >= 0.6 is 0 Å². The summed E-state index contributed by atoms with van der Waals surface area (Å²) in [4.78, 5) is 4.37. The number of aryl methyl sites for hydroxylation is 1. The Hall–Kier alpha value is -2.19. The largest absolute Gasteiger partial charge is 0.317 e. The van der Waals surface area contributed by atoms with E-state index in [0.717, 1.165) is 11.6 Å². The van der Waals surface area contributed by atoms with Crippen LogP contribution in [-0.2, 0) is 6.42 Å². The van der Waals surface area contributed by atoms with Crippen LogP contribution in [-0.4, -0.2) is 18.1 Å². The number of piperidine rings is 1. The standard InChI is InChI=1S/C22H24N2/c1-16-22-7-6-20(15-21(22)10-13-24-16)19-4-2-17(3-5-19)14-18-8-11-23-12-9-18/h2-7,10,13,15,18,23H,8-9,11-12,14H2,1H3. The molecule has 1 saturated heterocycles. The van der Waals surface area contributed by atoms with Crippen molar-refractivity contribution in [2.24, 2.45) is 5.92 Å². The van der Waals surface area contributed by atoms with E-state index in [9.17, 15) is 0 Å². The molecule has 2 nitrogen and oxygen atoms in total. The van der Waals surface area contributed by atoms with Crippen molar-refractivity contribution >= 4 is 10.8 Å². The van der Waals surface area contributed by atoms with E-state index in [4.69, 9.17) is 0 Å². The van der Waals surface area contributed by atoms with Crippen LogP contribution in [0, 0.1) is 12.8 Å². The molecule has 2 heterocycles. The molecule has 24 heavy (non-hydrogen) atoms. The summed E-state index contributed by atoms with van der Waals surface area (Å²) < 4.78 is 0. The molecule has 0 unspecified atom stereocenters. The van der Waals surface area contributed by atoms with Gasteiger partial charge in [0.1, 0.15) is 0 Å². The summed E-state index contributed by atoms with van der Waals surface area (Å²) in [5.41, 5.74) is 5.13. The third-order valence-electron chi connectivity index (χ3n) is 5.23. The number of benzene rings is 2. The Kier molecular flexibility index (Phi) is 4.31. The second-order valence-electron chi connectivity index (χ2n) is 6.93. The van der Waals surface area contributed by atoms with Gasteiger partial charge in [-0.15, -0.1) is 0 Å². The lowest BCUT2D eigenvalue weighted by molar-refractivity contribution is 0.372. The Labute approximate surface area is 143 Å². The minimum absolute atomic E-state index is 0.841. The minimum atomic E-state index is 0.841. The maximum atomic E-state index is 4.37. The molecule has 0 spiro atoms. The lowest BCUT2D eigenvalue weighted by Gasteiger charge is -2.22. The molecule has 1 aliphatic rings. The van der Waals surface area contributed by atoms with Crippen molar-refractivity contribution < 1.29 is 0 Å². The molecule has 0 saturated carbocycles. The quantitative estimate of drug-likeness (QED) is 0.754. The molecule has 2 aromatic carbocycles. The van der Waals surface area contributed by atoms with E-state index >= 15 is 0 Å². The van der Waals surface area contributed by atoms with Gasteiger partial charge in [0, 0.05) is 17.3 Å². The van der Waals surface area contributed by atoms with Gasteiger partial charge >= 0.3 is 0 Å². The molecular formula is C22H24N2. The molecule has 0 amide bonds. The molecule has 122 valence electrons. The fraction of sp³-hybridized carbons (Fsp3) is 0.318. The highest BCUT2D eigenvalue weighted by Gasteiger charge is 2.13. The SMILES string of the molecule is Cc1nccc2cc(-c3ccc(CC4CCNCC4)cc3)ccc12. The van der Waals surface area contributed by atoms with Gasteiger partial charge in [-0.05, 0) is 79.4 Å². The molecule has 0 atom stereocenters. The van der Waals surface area contributed by atoms with Crippen LogP contribution in [0.15, 0.2) is 54.7 Å². The molecule has 1 aromatic heterocycles. The van der Waals surface area contributed by atoms with Crippen LogP contribution in [0.2, 0.25) is 0 Å². The lowest BCUT2D eigenvalue weighted by Crippen LogP contribution is -2.28.